The molecule has 5 rings (SSSR count). The fourth-order valence-electron chi connectivity index (χ4n) is 4.86. The molecule has 2 aliphatic rings. The predicted octanol–water partition coefficient (Wildman–Crippen LogP) is 4.56. The molecule has 1 aromatic carbocycles. The highest BCUT2D eigenvalue weighted by Gasteiger charge is 2.35. The molecule has 0 amide bonds. The van der Waals surface area contributed by atoms with E-state index >= 15 is 0 Å². The van der Waals surface area contributed by atoms with Crippen LogP contribution in [0.4, 0.5) is 11.5 Å². The molecule has 3 atom stereocenters. The molecule has 2 aromatic heterocycles. The van der Waals surface area contributed by atoms with Crippen LogP contribution in [0.5, 0.6) is 0 Å². The van der Waals surface area contributed by atoms with Crippen LogP contribution in [-0.2, 0) is 0 Å². The topological polar surface area (TPSA) is 66.0 Å². The second kappa shape index (κ2) is 7.50. The number of halogens is 1. The molecule has 3 heterocycles. The molecule has 3 aromatic rings. The summed E-state index contributed by atoms with van der Waals surface area (Å²) in [5.41, 5.74) is 1.63. The highest BCUT2D eigenvalue weighted by molar-refractivity contribution is 6.30. The molecule has 1 aliphatic heterocycles. The summed E-state index contributed by atoms with van der Waals surface area (Å²) >= 11 is 6.00. The first-order valence-corrected chi connectivity index (χ1v) is 10.8. The van der Waals surface area contributed by atoms with Crippen LogP contribution in [0, 0.1) is 5.92 Å². The van der Waals surface area contributed by atoms with E-state index < -0.39 is 0 Å². The Labute approximate surface area is 174 Å². The zero-order valence-electron chi connectivity index (χ0n) is 16.6. The maximum absolute atomic E-state index is 12.6. The van der Waals surface area contributed by atoms with Crippen molar-refractivity contribution in [3.05, 3.63) is 51.9 Å². The molecule has 29 heavy (non-hydrogen) atoms. The van der Waals surface area contributed by atoms with Crippen molar-refractivity contribution in [2.45, 2.75) is 44.7 Å². The highest BCUT2D eigenvalue weighted by Crippen LogP contribution is 2.39. The minimum absolute atomic E-state index is 0.118. The minimum atomic E-state index is -0.118. The maximum atomic E-state index is 12.6. The van der Waals surface area contributed by atoms with Crippen molar-refractivity contribution in [2.24, 2.45) is 5.92 Å². The number of aromatic nitrogens is 3. The van der Waals surface area contributed by atoms with Crippen LogP contribution >= 0.6 is 11.6 Å². The van der Waals surface area contributed by atoms with Gasteiger partial charge in [0.25, 0.3) is 5.56 Å². The summed E-state index contributed by atoms with van der Waals surface area (Å²) in [6.07, 6.45) is 6.52. The van der Waals surface area contributed by atoms with Gasteiger partial charge in [0, 0.05) is 22.9 Å². The Morgan fingerprint density at radius 3 is 2.66 bits per heavy atom. The molecule has 7 heteroatoms. The summed E-state index contributed by atoms with van der Waals surface area (Å²) in [7, 11) is 0. The number of hydrogen-bond donors (Lipinski definition) is 2. The number of fused-ring (bicyclic) bond motifs is 1. The van der Waals surface area contributed by atoms with Crippen molar-refractivity contribution in [1.29, 1.82) is 0 Å². The van der Waals surface area contributed by atoms with Crippen LogP contribution in [0.2, 0.25) is 5.02 Å². The van der Waals surface area contributed by atoms with Gasteiger partial charge in [-0.2, -0.15) is 5.10 Å². The van der Waals surface area contributed by atoms with Gasteiger partial charge in [-0.1, -0.05) is 18.5 Å². The lowest BCUT2D eigenvalue weighted by Crippen LogP contribution is -2.48. The highest BCUT2D eigenvalue weighted by atomic mass is 35.5. The number of benzene rings is 1. The van der Waals surface area contributed by atoms with Crippen LogP contribution in [0.1, 0.15) is 38.6 Å². The first-order valence-electron chi connectivity index (χ1n) is 10.5. The van der Waals surface area contributed by atoms with Crippen LogP contribution in [0.3, 0.4) is 0 Å². The number of rotatable bonds is 4. The lowest BCUT2D eigenvalue weighted by atomic mass is 9.81. The Balaban J connectivity index is 1.48. The Morgan fingerprint density at radius 2 is 1.97 bits per heavy atom. The summed E-state index contributed by atoms with van der Waals surface area (Å²) in [6, 6.07) is 10.4. The number of anilines is 2. The normalized spacial score (nSPS) is 25.1. The van der Waals surface area contributed by atoms with Crippen LogP contribution in [-0.4, -0.2) is 38.8 Å². The predicted molar refractivity (Wildman–Crippen MR) is 117 cm³/mol. The van der Waals surface area contributed by atoms with Gasteiger partial charge < -0.3 is 15.2 Å². The fourth-order valence-corrected chi connectivity index (χ4v) is 4.99. The molecule has 0 unspecified atom stereocenters. The van der Waals surface area contributed by atoms with Gasteiger partial charge in [0.05, 0.1) is 11.6 Å². The van der Waals surface area contributed by atoms with Crippen molar-refractivity contribution < 1.29 is 0 Å². The third kappa shape index (κ3) is 3.45. The molecule has 1 saturated carbocycles. The Hall–Kier alpha value is -2.31. The van der Waals surface area contributed by atoms with E-state index in [-0.39, 0.29) is 5.56 Å². The van der Waals surface area contributed by atoms with E-state index in [0.717, 1.165) is 17.6 Å². The molecule has 152 valence electrons. The SMILES string of the molecule is C[C@H]1C[C@H](N2CCC2)CC[C@@H]1n1nc(Nc2ccc(Cl)cc2)c2c(=O)[nH]ccc21. The molecule has 1 saturated heterocycles. The Kier molecular flexibility index (Phi) is 4.84. The van der Waals surface area contributed by atoms with Crippen LogP contribution in [0.15, 0.2) is 41.3 Å². The van der Waals surface area contributed by atoms with Gasteiger partial charge in [-0.3, -0.25) is 9.48 Å². The van der Waals surface area contributed by atoms with E-state index in [9.17, 15) is 4.79 Å². The van der Waals surface area contributed by atoms with Crippen LogP contribution in [0.25, 0.3) is 10.9 Å². The van der Waals surface area contributed by atoms with Crippen molar-refractivity contribution in [3.8, 4) is 0 Å². The zero-order chi connectivity index (χ0) is 20.0. The number of likely N-dealkylation sites (tertiary alicyclic amines) is 1. The number of aromatic amines is 1. The molecular weight excluding hydrogens is 386 g/mol. The maximum Gasteiger partial charge on any atom is 0.261 e. The molecule has 0 bridgehead atoms. The summed E-state index contributed by atoms with van der Waals surface area (Å²) in [4.78, 5) is 18.0. The van der Waals surface area contributed by atoms with Gasteiger partial charge in [0.1, 0.15) is 5.39 Å². The van der Waals surface area contributed by atoms with E-state index in [4.69, 9.17) is 16.7 Å². The molecule has 2 fully saturated rings. The van der Waals surface area contributed by atoms with Gasteiger partial charge in [-0.25, -0.2) is 0 Å². The van der Waals surface area contributed by atoms with E-state index in [1.807, 2.05) is 30.3 Å². The first-order chi connectivity index (χ1) is 14.1. The van der Waals surface area contributed by atoms with Crippen LogP contribution < -0.4 is 10.9 Å². The number of nitrogens with zero attached hydrogens (tertiary/aromatic N) is 3. The van der Waals surface area contributed by atoms with Gasteiger partial charge >= 0.3 is 0 Å². The summed E-state index contributed by atoms with van der Waals surface area (Å²) in [6.45, 7) is 4.82. The second-order valence-electron chi connectivity index (χ2n) is 8.39. The van der Waals surface area contributed by atoms with Crippen molar-refractivity contribution in [3.63, 3.8) is 0 Å². The average molecular weight is 412 g/mol. The molecular formula is C22H26ClN5O. The number of pyridine rings is 1. The standard InChI is InChI=1S/C22H26ClN5O/c1-14-13-17(27-11-2-12-27)7-8-18(14)28-19-9-10-24-22(29)20(19)21(26-28)25-16-5-3-15(23)4-6-16/h3-6,9-10,14,17-18H,2,7-8,11-13H2,1H3,(H,24,29)(H,25,26)/t14-,17+,18-/m0/s1. The third-order valence-corrected chi connectivity index (χ3v) is 6.81. The Morgan fingerprint density at radius 1 is 1.17 bits per heavy atom. The molecule has 0 radical (unpaired) electrons. The van der Waals surface area contributed by atoms with Gasteiger partial charge in [-0.15, -0.1) is 0 Å². The third-order valence-electron chi connectivity index (χ3n) is 6.55. The lowest BCUT2D eigenvalue weighted by molar-refractivity contribution is 0.0581. The fraction of sp³-hybridized carbons (Fsp3) is 0.455. The largest absolute Gasteiger partial charge is 0.338 e. The van der Waals surface area contributed by atoms with Crippen molar-refractivity contribution in [2.75, 3.05) is 18.4 Å². The van der Waals surface area contributed by atoms with Crippen molar-refractivity contribution >= 4 is 34.0 Å². The van der Waals surface area contributed by atoms with E-state index in [0.29, 0.717) is 34.2 Å². The molecule has 6 nitrogen and oxygen atoms in total. The lowest BCUT2D eigenvalue weighted by Gasteiger charge is -2.44. The van der Waals surface area contributed by atoms with E-state index in [1.54, 1.807) is 6.20 Å². The molecule has 1 aliphatic carbocycles. The summed E-state index contributed by atoms with van der Waals surface area (Å²) < 4.78 is 2.08. The van der Waals surface area contributed by atoms with E-state index in [2.05, 4.69) is 26.8 Å². The smallest absolute Gasteiger partial charge is 0.261 e. The zero-order valence-corrected chi connectivity index (χ0v) is 17.3. The number of nitrogens with one attached hydrogen (secondary N) is 2. The monoisotopic (exact) mass is 411 g/mol. The number of hydrogen-bond acceptors (Lipinski definition) is 4. The molecule has 2 N–H and O–H groups in total. The summed E-state index contributed by atoms with van der Waals surface area (Å²) in [5, 5.41) is 9.49. The average Bonchev–Trinajstić information content (AvgIpc) is 3.02. The van der Waals surface area contributed by atoms with Gasteiger partial charge in [0.2, 0.25) is 0 Å². The minimum Gasteiger partial charge on any atom is -0.338 e. The molecule has 0 spiro atoms. The van der Waals surface area contributed by atoms with Crippen molar-refractivity contribution in [1.82, 2.24) is 19.7 Å². The van der Waals surface area contributed by atoms with E-state index in [1.165, 1.54) is 32.4 Å². The number of H-pyrrole nitrogens is 1. The van der Waals surface area contributed by atoms with Gasteiger partial charge in [-0.05, 0) is 75.0 Å². The van der Waals surface area contributed by atoms with Gasteiger partial charge in [0.15, 0.2) is 5.82 Å². The first kappa shape index (κ1) is 18.7. The summed E-state index contributed by atoms with van der Waals surface area (Å²) in [5.74, 6) is 1.11. The Bertz CT molecular complexity index is 1070. The quantitative estimate of drug-likeness (QED) is 0.660. The second-order valence-corrected chi connectivity index (χ2v) is 8.83.